The Morgan fingerprint density at radius 1 is 0.867 bits per heavy atom. The number of piperazine rings is 1. The van der Waals surface area contributed by atoms with Crippen LogP contribution in [0.1, 0.15) is 12.8 Å². The van der Waals surface area contributed by atoms with Crippen molar-refractivity contribution in [1.82, 2.24) is 19.3 Å². The van der Waals surface area contributed by atoms with Gasteiger partial charge in [0.05, 0.1) is 12.7 Å². The summed E-state index contributed by atoms with van der Waals surface area (Å²) in [5.41, 5.74) is 0.566. The Morgan fingerprint density at radius 2 is 1.47 bits per heavy atom. The molecule has 2 aliphatic heterocycles. The third-order valence-corrected chi connectivity index (χ3v) is 5.68. The maximum atomic E-state index is 13.1. The van der Waals surface area contributed by atoms with Gasteiger partial charge in [-0.15, -0.1) is 0 Å². The Hall–Kier alpha value is -2.94. The van der Waals surface area contributed by atoms with Crippen molar-refractivity contribution in [1.29, 1.82) is 0 Å². The lowest BCUT2D eigenvalue weighted by Gasteiger charge is -2.35. The third-order valence-electron chi connectivity index (χ3n) is 5.68. The van der Waals surface area contributed by atoms with E-state index in [1.165, 1.54) is 35.0 Å². The molecule has 1 aromatic carbocycles. The number of hydrogen-bond donors (Lipinski definition) is 0. The molecule has 8 nitrogen and oxygen atoms in total. The number of aromatic nitrogens is 1. The van der Waals surface area contributed by atoms with E-state index >= 15 is 0 Å². The lowest BCUT2D eigenvalue weighted by molar-refractivity contribution is -0.135. The highest BCUT2D eigenvalue weighted by Crippen LogP contribution is 2.18. The first-order valence-electron chi connectivity index (χ1n) is 10.2. The number of carbonyl (C=O) groups is 2. The molecule has 0 radical (unpaired) electrons. The highest BCUT2D eigenvalue weighted by atomic mass is 19.1. The number of nitrogens with zero attached hydrogens (tertiary/aromatic N) is 4. The molecule has 2 fully saturated rings. The summed E-state index contributed by atoms with van der Waals surface area (Å²) < 4.78 is 19.5. The van der Waals surface area contributed by atoms with Crippen LogP contribution < -0.4 is 5.76 Å². The van der Waals surface area contributed by atoms with Gasteiger partial charge in [0, 0.05) is 44.8 Å². The average Bonchev–Trinajstić information content (AvgIpc) is 3.40. The van der Waals surface area contributed by atoms with Crippen LogP contribution in [0.4, 0.5) is 4.39 Å². The fourth-order valence-corrected chi connectivity index (χ4v) is 3.89. The summed E-state index contributed by atoms with van der Waals surface area (Å²) >= 11 is 0. The van der Waals surface area contributed by atoms with Crippen molar-refractivity contribution in [2.75, 3.05) is 45.8 Å². The lowest BCUT2D eigenvalue weighted by Crippen LogP contribution is -2.52. The maximum Gasteiger partial charge on any atom is 0.419 e. The van der Waals surface area contributed by atoms with Crippen molar-refractivity contribution in [3.05, 3.63) is 46.8 Å². The topological polar surface area (TPSA) is 79.0 Å². The number of amides is 2. The first-order valence-corrected chi connectivity index (χ1v) is 10.2. The van der Waals surface area contributed by atoms with Gasteiger partial charge < -0.3 is 14.2 Å². The molecular formula is C21H25FN4O4. The second-order valence-corrected chi connectivity index (χ2v) is 7.74. The molecule has 0 aliphatic carbocycles. The Kier molecular flexibility index (Phi) is 5.98. The molecule has 2 amide bonds. The van der Waals surface area contributed by atoms with Gasteiger partial charge in [0.15, 0.2) is 5.76 Å². The molecule has 160 valence electrons. The predicted octanol–water partition coefficient (Wildman–Crippen LogP) is 1.01. The van der Waals surface area contributed by atoms with Crippen LogP contribution in [0.3, 0.4) is 0 Å². The summed E-state index contributed by atoms with van der Waals surface area (Å²) in [6.07, 6.45) is 3.62. The van der Waals surface area contributed by atoms with Gasteiger partial charge in [-0.05, 0) is 37.1 Å². The van der Waals surface area contributed by atoms with Crippen molar-refractivity contribution in [3.63, 3.8) is 0 Å². The Balaban J connectivity index is 1.30. The van der Waals surface area contributed by atoms with Crippen LogP contribution >= 0.6 is 0 Å². The molecule has 4 rings (SSSR count). The summed E-state index contributed by atoms with van der Waals surface area (Å²) in [6, 6.07) is 5.60. The molecule has 2 aliphatic rings. The summed E-state index contributed by atoms with van der Waals surface area (Å²) in [6.45, 7) is 4.26. The molecule has 0 N–H and O–H groups in total. The van der Waals surface area contributed by atoms with Gasteiger partial charge in [-0.1, -0.05) is 0 Å². The van der Waals surface area contributed by atoms with Gasteiger partial charge in [0.2, 0.25) is 11.8 Å². The van der Waals surface area contributed by atoms with Crippen LogP contribution in [0.2, 0.25) is 0 Å². The van der Waals surface area contributed by atoms with Gasteiger partial charge in [-0.3, -0.25) is 19.1 Å². The molecule has 9 heteroatoms. The van der Waals surface area contributed by atoms with Crippen LogP contribution in [-0.2, 0) is 16.1 Å². The highest BCUT2D eigenvalue weighted by molar-refractivity contribution is 5.79. The van der Waals surface area contributed by atoms with Gasteiger partial charge in [-0.2, -0.15) is 0 Å². The zero-order chi connectivity index (χ0) is 21.1. The lowest BCUT2D eigenvalue weighted by atomic mass is 10.2. The van der Waals surface area contributed by atoms with Gasteiger partial charge in [0.25, 0.3) is 0 Å². The summed E-state index contributed by atoms with van der Waals surface area (Å²) in [7, 11) is 0. The SMILES string of the molecule is O=C(CN1CCN(C(=O)Cn2cc(-c3ccc(F)cc3)oc2=O)CC1)N1CCCC1. The fraction of sp³-hybridized carbons (Fsp3) is 0.476. The van der Waals surface area contributed by atoms with E-state index in [1.54, 1.807) is 4.90 Å². The first kappa shape index (κ1) is 20.3. The molecular weight excluding hydrogens is 391 g/mol. The summed E-state index contributed by atoms with van der Waals surface area (Å²) in [4.78, 5) is 42.7. The maximum absolute atomic E-state index is 13.1. The minimum absolute atomic E-state index is 0.115. The van der Waals surface area contributed by atoms with Crippen molar-refractivity contribution in [3.8, 4) is 11.3 Å². The molecule has 0 atom stereocenters. The van der Waals surface area contributed by atoms with Crippen molar-refractivity contribution in [2.24, 2.45) is 0 Å². The molecule has 1 aromatic heterocycles. The van der Waals surface area contributed by atoms with Crippen molar-refractivity contribution < 1.29 is 18.4 Å². The molecule has 0 unspecified atom stereocenters. The number of likely N-dealkylation sites (tertiary alicyclic amines) is 1. The molecule has 0 bridgehead atoms. The van der Waals surface area contributed by atoms with Gasteiger partial charge in [-0.25, -0.2) is 9.18 Å². The van der Waals surface area contributed by atoms with Crippen molar-refractivity contribution >= 4 is 11.8 Å². The third kappa shape index (κ3) is 4.62. The minimum atomic E-state index is -0.627. The number of oxazole rings is 1. The highest BCUT2D eigenvalue weighted by Gasteiger charge is 2.25. The fourth-order valence-electron chi connectivity index (χ4n) is 3.89. The van der Waals surface area contributed by atoms with Crippen LogP contribution in [0.25, 0.3) is 11.3 Å². The Morgan fingerprint density at radius 3 is 2.13 bits per heavy atom. The molecule has 2 aromatic rings. The van der Waals surface area contributed by atoms with Crippen LogP contribution in [-0.4, -0.2) is 76.9 Å². The average molecular weight is 416 g/mol. The van der Waals surface area contributed by atoms with E-state index in [4.69, 9.17) is 4.42 Å². The van der Waals surface area contributed by atoms with E-state index in [0.29, 0.717) is 38.3 Å². The van der Waals surface area contributed by atoms with E-state index in [2.05, 4.69) is 4.90 Å². The van der Waals surface area contributed by atoms with Gasteiger partial charge in [0.1, 0.15) is 12.4 Å². The van der Waals surface area contributed by atoms with E-state index in [1.807, 2.05) is 4.90 Å². The quantitative estimate of drug-likeness (QED) is 0.727. The normalized spacial score (nSPS) is 17.5. The number of carbonyl (C=O) groups excluding carboxylic acids is 2. The van der Waals surface area contributed by atoms with E-state index in [-0.39, 0.29) is 29.9 Å². The predicted molar refractivity (Wildman–Crippen MR) is 107 cm³/mol. The second kappa shape index (κ2) is 8.83. The monoisotopic (exact) mass is 416 g/mol. The summed E-state index contributed by atoms with van der Waals surface area (Å²) in [5.74, 6) is -0.729. The molecule has 0 spiro atoms. The van der Waals surface area contributed by atoms with Crippen LogP contribution in [0.15, 0.2) is 39.7 Å². The minimum Gasteiger partial charge on any atom is -0.408 e. The van der Waals surface area contributed by atoms with Crippen LogP contribution in [0.5, 0.6) is 0 Å². The Labute approximate surface area is 173 Å². The largest absolute Gasteiger partial charge is 0.419 e. The smallest absolute Gasteiger partial charge is 0.408 e. The van der Waals surface area contributed by atoms with Crippen molar-refractivity contribution in [2.45, 2.75) is 19.4 Å². The molecule has 3 heterocycles. The summed E-state index contributed by atoms with van der Waals surface area (Å²) in [5, 5.41) is 0. The van der Waals surface area contributed by atoms with Crippen LogP contribution in [0, 0.1) is 5.82 Å². The zero-order valence-electron chi connectivity index (χ0n) is 16.8. The molecule has 30 heavy (non-hydrogen) atoms. The first-order chi connectivity index (χ1) is 14.5. The van der Waals surface area contributed by atoms with E-state index in [0.717, 1.165) is 25.9 Å². The number of halogens is 1. The van der Waals surface area contributed by atoms with E-state index in [9.17, 15) is 18.8 Å². The molecule has 0 saturated carbocycles. The number of hydrogen-bond acceptors (Lipinski definition) is 5. The number of benzene rings is 1. The van der Waals surface area contributed by atoms with Gasteiger partial charge >= 0.3 is 5.76 Å². The Bertz CT molecular complexity index is 954. The number of rotatable bonds is 5. The molecule has 2 saturated heterocycles. The standard InChI is InChI=1S/C21H25FN4O4/c22-17-5-3-16(4-6-17)18-13-26(21(29)30-18)15-20(28)25-11-9-23(10-12-25)14-19(27)24-7-1-2-8-24/h3-6,13H,1-2,7-12,14-15H2. The second-order valence-electron chi connectivity index (χ2n) is 7.74. The zero-order valence-corrected chi connectivity index (χ0v) is 16.8. The van der Waals surface area contributed by atoms with E-state index < -0.39 is 5.76 Å².